The van der Waals surface area contributed by atoms with Crippen LogP contribution < -0.4 is 11.1 Å². The number of nitro benzene ring substituents is 1. The maximum absolute atomic E-state index is 10.8. The van der Waals surface area contributed by atoms with Gasteiger partial charge in [-0.3, -0.25) is 10.1 Å². The molecule has 2 unspecified atom stereocenters. The smallest absolute Gasteiger partial charge is 0.292 e. The molecule has 0 radical (unpaired) electrons. The van der Waals surface area contributed by atoms with Crippen LogP contribution in [0.15, 0.2) is 18.2 Å². The van der Waals surface area contributed by atoms with Crippen molar-refractivity contribution in [3.63, 3.8) is 0 Å². The molecule has 0 aliphatic heterocycles. The number of nitro groups is 1. The number of nitrogens with one attached hydrogen (secondary N) is 1. The summed E-state index contributed by atoms with van der Waals surface area (Å²) in [6, 6.07) is 4.91. The van der Waals surface area contributed by atoms with E-state index in [1.165, 1.54) is 6.07 Å². The number of hydrogen-bond donors (Lipinski definition) is 2. The largest absolute Gasteiger partial charge is 0.375 e. The van der Waals surface area contributed by atoms with E-state index >= 15 is 0 Å². The van der Waals surface area contributed by atoms with Crippen LogP contribution in [0.4, 0.5) is 11.4 Å². The first-order valence-electron chi connectivity index (χ1n) is 5.19. The molecular formula is C11H17N3O2. The Bertz CT molecular complexity index is 391. The minimum atomic E-state index is -0.393. The van der Waals surface area contributed by atoms with E-state index in [-0.39, 0.29) is 17.8 Å². The third kappa shape index (κ3) is 2.93. The predicted molar refractivity (Wildman–Crippen MR) is 64.6 cm³/mol. The van der Waals surface area contributed by atoms with Crippen LogP contribution in [0.2, 0.25) is 0 Å². The Labute approximate surface area is 94.8 Å². The second-order valence-electron chi connectivity index (χ2n) is 4.07. The van der Waals surface area contributed by atoms with E-state index < -0.39 is 4.92 Å². The molecule has 2 atom stereocenters. The standard InChI is InChI=1S/C11H17N3O2/c1-7-4-5-11(14(15)16)10(6-7)13-9(3)8(2)12/h4-6,8-9,13H,12H2,1-3H3. The highest BCUT2D eigenvalue weighted by molar-refractivity contribution is 5.63. The number of aryl methyl sites for hydroxylation is 1. The van der Waals surface area contributed by atoms with Gasteiger partial charge in [0.15, 0.2) is 0 Å². The van der Waals surface area contributed by atoms with Gasteiger partial charge >= 0.3 is 0 Å². The Morgan fingerprint density at radius 3 is 2.56 bits per heavy atom. The second kappa shape index (κ2) is 4.94. The van der Waals surface area contributed by atoms with Crippen LogP contribution in [-0.4, -0.2) is 17.0 Å². The van der Waals surface area contributed by atoms with Gasteiger partial charge in [-0.15, -0.1) is 0 Å². The van der Waals surface area contributed by atoms with Crippen LogP contribution in [0.3, 0.4) is 0 Å². The molecule has 88 valence electrons. The second-order valence-corrected chi connectivity index (χ2v) is 4.07. The lowest BCUT2D eigenvalue weighted by atomic mass is 10.1. The van der Waals surface area contributed by atoms with Crippen LogP contribution in [-0.2, 0) is 0 Å². The van der Waals surface area contributed by atoms with Crippen molar-refractivity contribution in [3.8, 4) is 0 Å². The van der Waals surface area contributed by atoms with Crippen molar-refractivity contribution in [2.45, 2.75) is 32.9 Å². The topological polar surface area (TPSA) is 81.2 Å². The summed E-state index contributed by atoms with van der Waals surface area (Å²) in [7, 11) is 0. The number of hydrogen-bond acceptors (Lipinski definition) is 4. The van der Waals surface area contributed by atoms with Gasteiger partial charge < -0.3 is 11.1 Å². The monoisotopic (exact) mass is 223 g/mol. The number of rotatable bonds is 4. The summed E-state index contributed by atoms with van der Waals surface area (Å²) >= 11 is 0. The Kier molecular flexibility index (Phi) is 3.84. The zero-order valence-corrected chi connectivity index (χ0v) is 9.73. The molecule has 0 saturated carbocycles. The molecule has 0 amide bonds. The Hall–Kier alpha value is -1.62. The quantitative estimate of drug-likeness (QED) is 0.604. The Balaban J connectivity index is 3.01. The molecule has 1 rings (SSSR count). The van der Waals surface area contributed by atoms with Crippen molar-refractivity contribution in [1.29, 1.82) is 0 Å². The molecule has 3 N–H and O–H groups in total. The number of benzene rings is 1. The van der Waals surface area contributed by atoms with Gasteiger partial charge in [-0.1, -0.05) is 6.07 Å². The van der Waals surface area contributed by atoms with Crippen molar-refractivity contribution in [3.05, 3.63) is 33.9 Å². The molecule has 0 aromatic heterocycles. The van der Waals surface area contributed by atoms with Gasteiger partial charge in [-0.05, 0) is 32.4 Å². The van der Waals surface area contributed by atoms with Gasteiger partial charge in [0.25, 0.3) is 5.69 Å². The lowest BCUT2D eigenvalue weighted by Crippen LogP contribution is -2.35. The van der Waals surface area contributed by atoms with E-state index in [4.69, 9.17) is 5.73 Å². The normalized spacial score (nSPS) is 14.2. The molecule has 0 aliphatic carbocycles. The molecule has 1 aromatic carbocycles. The summed E-state index contributed by atoms with van der Waals surface area (Å²) in [5.41, 5.74) is 7.30. The van der Waals surface area contributed by atoms with Crippen molar-refractivity contribution in [1.82, 2.24) is 0 Å². The molecule has 1 aromatic rings. The lowest BCUT2D eigenvalue weighted by Gasteiger charge is -2.18. The van der Waals surface area contributed by atoms with Gasteiger partial charge in [-0.25, -0.2) is 0 Å². The van der Waals surface area contributed by atoms with Gasteiger partial charge in [0.1, 0.15) is 5.69 Å². The molecule has 0 bridgehead atoms. The predicted octanol–water partition coefficient (Wildman–Crippen LogP) is 2.05. The van der Waals surface area contributed by atoms with Crippen LogP contribution in [0.5, 0.6) is 0 Å². The Morgan fingerprint density at radius 2 is 2.06 bits per heavy atom. The zero-order chi connectivity index (χ0) is 12.3. The molecular weight excluding hydrogens is 206 g/mol. The fraction of sp³-hybridized carbons (Fsp3) is 0.455. The molecule has 5 heteroatoms. The fourth-order valence-corrected chi connectivity index (χ4v) is 1.30. The average molecular weight is 223 g/mol. The van der Waals surface area contributed by atoms with Crippen molar-refractivity contribution in [2.75, 3.05) is 5.32 Å². The molecule has 0 aliphatic rings. The summed E-state index contributed by atoms with van der Waals surface area (Å²) in [6.07, 6.45) is 0. The molecule has 0 saturated heterocycles. The summed E-state index contributed by atoms with van der Waals surface area (Å²) in [6.45, 7) is 5.65. The fourth-order valence-electron chi connectivity index (χ4n) is 1.30. The minimum Gasteiger partial charge on any atom is -0.375 e. The summed E-state index contributed by atoms with van der Waals surface area (Å²) in [5.74, 6) is 0. The van der Waals surface area contributed by atoms with Gasteiger partial charge in [0.05, 0.1) is 4.92 Å². The number of nitrogens with two attached hydrogens (primary N) is 1. The van der Waals surface area contributed by atoms with Crippen LogP contribution in [0.1, 0.15) is 19.4 Å². The Morgan fingerprint density at radius 1 is 1.44 bits per heavy atom. The van der Waals surface area contributed by atoms with E-state index in [0.29, 0.717) is 5.69 Å². The van der Waals surface area contributed by atoms with Crippen molar-refractivity contribution in [2.24, 2.45) is 5.73 Å². The van der Waals surface area contributed by atoms with E-state index in [0.717, 1.165) is 5.56 Å². The van der Waals surface area contributed by atoms with Gasteiger partial charge in [-0.2, -0.15) is 0 Å². The first-order chi connectivity index (χ1) is 7.41. The molecule has 0 spiro atoms. The maximum Gasteiger partial charge on any atom is 0.292 e. The SMILES string of the molecule is Cc1ccc([N+](=O)[O-])c(NC(C)C(C)N)c1. The highest BCUT2D eigenvalue weighted by Crippen LogP contribution is 2.26. The number of anilines is 1. The van der Waals surface area contributed by atoms with Crippen LogP contribution in [0, 0.1) is 17.0 Å². The summed E-state index contributed by atoms with van der Waals surface area (Å²) < 4.78 is 0. The highest BCUT2D eigenvalue weighted by Gasteiger charge is 2.16. The van der Waals surface area contributed by atoms with Gasteiger partial charge in [0.2, 0.25) is 0 Å². The first kappa shape index (κ1) is 12.4. The summed E-state index contributed by atoms with van der Waals surface area (Å²) in [5, 5.41) is 13.9. The molecule has 0 heterocycles. The van der Waals surface area contributed by atoms with Crippen LogP contribution >= 0.6 is 0 Å². The molecule has 5 nitrogen and oxygen atoms in total. The van der Waals surface area contributed by atoms with E-state index in [2.05, 4.69) is 5.32 Å². The average Bonchev–Trinajstić information content (AvgIpc) is 2.16. The third-order valence-corrected chi connectivity index (χ3v) is 2.52. The minimum absolute atomic E-state index is 0.0134. The third-order valence-electron chi connectivity index (χ3n) is 2.52. The highest BCUT2D eigenvalue weighted by atomic mass is 16.6. The molecule has 0 fully saturated rings. The van der Waals surface area contributed by atoms with Crippen molar-refractivity contribution < 1.29 is 4.92 Å². The van der Waals surface area contributed by atoms with E-state index in [1.807, 2.05) is 20.8 Å². The van der Waals surface area contributed by atoms with Crippen LogP contribution in [0.25, 0.3) is 0 Å². The molecule has 16 heavy (non-hydrogen) atoms. The first-order valence-corrected chi connectivity index (χ1v) is 5.19. The lowest BCUT2D eigenvalue weighted by molar-refractivity contribution is -0.384. The van der Waals surface area contributed by atoms with Crippen molar-refractivity contribution >= 4 is 11.4 Å². The zero-order valence-electron chi connectivity index (χ0n) is 9.73. The number of nitrogens with zero attached hydrogens (tertiary/aromatic N) is 1. The summed E-state index contributed by atoms with van der Waals surface area (Å²) in [4.78, 5) is 10.4. The van der Waals surface area contributed by atoms with Gasteiger partial charge in [0, 0.05) is 18.2 Å². The van der Waals surface area contributed by atoms with E-state index in [9.17, 15) is 10.1 Å². The van der Waals surface area contributed by atoms with E-state index in [1.54, 1.807) is 12.1 Å². The maximum atomic E-state index is 10.8.